The number of ether oxygens (including phenoxy) is 7. The summed E-state index contributed by atoms with van der Waals surface area (Å²) in [5.41, 5.74) is 8.15. The van der Waals surface area contributed by atoms with Gasteiger partial charge in [0.05, 0.1) is 39.1 Å². The van der Waals surface area contributed by atoms with Crippen LogP contribution in [0, 0.1) is 0 Å². The lowest BCUT2D eigenvalue weighted by molar-refractivity contribution is -0.302. The highest BCUT2D eigenvalue weighted by Crippen LogP contribution is 2.29. The molecule has 13 nitrogen and oxygen atoms in total. The van der Waals surface area contributed by atoms with Crippen LogP contribution < -0.4 is 0 Å². The van der Waals surface area contributed by atoms with E-state index in [-0.39, 0.29) is 19.8 Å². The molecule has 1 aliphatic heterocycles. The number of azide groups is 1. The van der Waals surface area contributed by atoms with E-state index in [1.165, 1.54) is 20.8 Å². The minimum atomic E-state index is -1.15. The molecule has 0 N–H and O–H groups in total. The average Bonchev–Trinajstić information content (AvgIpc) is 2.68. The number of esters is 3. The molecule has 13 heteroatoms. The lowest BCUT2D eigenvalue weighted by atomic mass is 9.99. The molecule has 0 aliphatic carbocycles. The predicted molar refractivity (Wildman–Crippen MR) is 103 cm³/mol. The number of nitrogens with zero attached hydrogens (tertiary/aromatic N) is 3. The van der Waals surface area contributed by atoms with E-state index in [1.54, 1.807) is 6.92 Å². The van der Waals surface area contributed by atoms with Crippen molar-refractivity contribution in [3.8, 4) is 0 Å². The van der Waals surface area contributed by atoms with Crippen LogP contribution >= 0.6 is 0 Å². The van der Waals surface area contributed by atoms with Gasteiger partial charge in [-0.05, 0) is 12.5 Å². The molecule has 1 heterocycles. The van der Waals surface area contributed by atoms with Gasteiger partial charge in [0.2, 0.25) is 0 Å². The minimum absolute atomic E-state index is 0.0822. The predicted octanol–water partition coefficient (Wildman–Crippen LogP) is 0.886. The maximum absolute atomic E-state index is 11.6. The van der Waals surface area contributed by atoms with Crippen molar-refractivity contribution in [2.75, 3.05) is 39.6 Å². The summed E-state index contributed by atoms with van der Waals surface area (Å²) in [7, 11) is 0. The molecule has 0 spiro atoms. The van der Waals surface area contributed by atoms with Gasteiger partial charge in [0, 0.05) is 32.2 Å². The van der Waals surface area contributed by atoms with Crippen molar-refractivity contribution in [3.63, 3.8) is 0 Å². The van der Waals surface area contributed by atoms with Crippen molar-refractivity contribution in [1.29, 1.82) is 0 Å². The highest BCUT2D eigenvalue weighted by Gasteiger charge is 2.50. The maximum Gasteiger partial charge on any atom is 0.303 e. The van der Waals surface area contributed by atoms with E-state index in [4.69, 9.17) is 38.7 Å². The Bertz CT molecular complexity index is 640. The molecule has 176 valence electrons. The lowest BCUT2D eigenvalue weighted by Crippen LogP contribution is -2.61. The molecule has 2 unspecified atom stereocenters. The average molecular weight is 447 g/mol. The van der Waals surface area contributed by atoms with Crippen LogP contribution in [0.2, 0.25) is 0 Å². The minimum Gasteiger partial charge on any atom is -0.456 e. The summed E-state index contributed by atoms with van der Waals surface area (Å²) >= 11 is 0. The molecular weight excluding hydrogens is 418 g/mol. The second kappa shape index (κ2) is 14.5. The van der Waals surface area contributed by atoms with Gasteiger partial charge in [0.25, 0.3) is 0 Å². The Morgan fingerprint density at radius 1 is 0.839 bits per heavy atom. The first-order valence-corrected chi connectivity index (χ1v) is 9.71. The molecule has 0 aromatic carbocycles. The van der Waals surface area contributed by atoms with Crippen molar-refractivity contribution in [2.24, 2.45) is 5.11 Å². The van der Waals surface area contributed by atoms with E-state index in [9.17, 15) is 14.4 Å². The smallest absolute Gasteiger partial charge is 0.303 e. The van der Waals surface area contributed by atoms with Gasteiger partial charge < -0.3 is 33.2 Å². The second-order valence-corrected chi connectivity index (χ2v) is 6.48. The van der Waals surface area contributed by atoms with E-state index in [1.807, 2.05) is 0 Å². The Morgan fingerprint density at radius 3 is 1.94 bits per heavy atom. The molecule has 0 aromatic heterocycles. The van der Waals surface area contributed by atoms with Crippen molar-refractivity contribution < 1.29 is 47.5 Å². The third-order valence-electron chi connectivity index (χ3n) is 3.91. The molecule has 5 atom stereocenters. The first-order chi connectivity index (χ1) is 14.8. The molecule has 1 fully saturated rings. The number of hydrogen-bond donors (Lipinski definition) is 0. The van der Waals surface area contributed by atoms with Gasteiger partial charge >= 0.3 is 17.9 Å². The van der Waals surface area contributed by atoms with Gasteiger partial charge in [-0.2, -0.15) is 0 Å². The fourth-order valence-corrected chi connectivity index (χ4v) is 2.80. The summed E-state index contributed by atoms with van der Waals surface area (Å²) < 4.78 is 37.7. The molecule has 1 saturated heterocycles. The van der Waals surface area contributed by atoms with Crippen molar-refractivity contribution in [2.45, 2.75) is 58.4 Å². The van der Waals surface area contributed by atoms with E-state index >= 15 is 0 Å². The molecule has 0 saturated carbocycles. The molecule has 0 bridgehead atoms. The van der Waals surface area contributed by atoms with Crippen LogP contribution in [0.4, 0.5) is 0 Å². The molecule has 0 radical (unpaired) electrons. The van der Waals surface area contributed by atoms with E-state index in [0.29, 0.717) is 19.8 Å². The van der Waals surface area contributed by atoms with E-state index in [0.717, 1.165) is 0 Å². The monoisotopic (exact) mass is 447 g/mol. The highest BCUT2D eigenvalue weighted by molar-refractivity contribution is 5.68. The van der Waals surface area contributed by atoms with Crippen LogP contribution in [0.1, 0.15) is 27.7 Å². The van der Waals surface area contributed by atoms with Gasteiger partial charge in [-0.15, -0.1) is 0 Å². The topological polar surface area (TPSA) is 165 Å². The van der Waals surface area contributed by atoms with E-state index < -0.39 is 48.6 Å². The Balaban J connectivity index is 2.62. The standard InChI is InChI=1S/C18H29N3O10/c1-11-15(29-12(2)22)16(30-13(3)23)17(31-14(4)24)18(28-11)27-10-9-26-8-7-25-6-5-20-21-19/h11,15-18H,5-10H2,1-4H3/t11-,15-,16?,17-,18?/m0/s1. The number of rotatable bonds is 13. The summed E-state index contributed by atoms with van der Waals surface area (Å²) in [5, 5.41) is 3.34. The molecular formula is C18H29N3O10. The van der Waals surface area contributed by atoms with Crippen LogP contribution in [0.15, 0.2) is 5.11 Å². The molecule has 0 aromatic rings. The Labute approximate surface area is 179 Å². The normalized spacial score (nSPS) is 25.2. The number of carbonyl (C=O) groups excluding carboxylic acids is 3. The summed E-state index contributed by atoms with van der Waals surface area (Å²) in [4.78, 5) is 37.3. The highest BCUT2D eigenvalue weighted by atomic mass is 16.7. The first-order valence-electron chi connectivity index (χ1n) is 9.71. The third-order valence-corrected chi connectivity index (χ3v) is 3.91. The van der Waals surface area contributed by atoms with Gasteiger partial charge in [0.1, 0.15) is 0 Å². The Kier molecular flexibility index (Phi) is 12.5. The second-order valence-electron chi connectivity index (χ2n) is 6.48. The third kappa shape index (κ3) is 10.4. The van der Waals surface area contributed by atoms with Gasteiger partial charge in [-0.1, -0.05) is 5.11 Å². The van der Waals surface area contributed by atoms with E-state index in [2.05, 4.69) is 10.0 Å². The molecule has 1 aliphatic rings. The quantitative estimate of drug-likeness (QED) is 0.0988. The zero-order valence-corrected chi connectivity index (χ0v) is 18.1. The fraction of sp³-hybridized carbons (Fsp3) is 0.833. The first kappa shape index (κ1) is 26.6. The fourth-order valence-electron chi connectivity index (χ4n) is 2.80. The largest absolute Gasteiger partial charge is 0.456 e. The SMILES string of the molecule is CC(=O)OC1[C@H](OC(C)=O)C(OCCOCCOCCN=[N+]=[N-])O[C@@H](C)[C@@H]1OC(C)=O. The summed E-state index contributed by atoms with van der Waals surface area (Å²) in [6.45, 7) is 6.61. The van der Waals surface area contributed by atoms with Crippen molar-refractivity contribution >= 4 is 17.9 Å². The van der Waals surface area contributed by atoms with Crippen LogP contribution in [-0.2, 0) is 47.5 Å². The zero-order chi connectivity index (χ0) is 23.2. The number of hydrogen-bond acceptors (Lipinski definition) is 11. The Hall–Kier alpha value is -2.44. The molecule has 0 amide bonds. The van der Waals surface area contributed by atoms with Gasteiger partial charge in [-0.25, -0.2) is 0 Å². The molecule has 31 heavy (non-hydrogen) atoms. The number of carbonyl (C=O) groups is 3. The van der Waals surface area contributed by atoms with Crippen molar-refractivity contribution in [3.05, 3.63) is 10.4 Å². The summed E-state index contributed by atoms with van der Waals surface area (Å²) in [6, 6.07) is 0. The van der Waals surface area contributed by atoms with Gasteiger partial charge in [0.15, 0.2) is 24.6 Å². The summed E-state index contributed by atoms with van der Waals surface area (Å²) in [6.07, 6.45) is -5.01. The Morgan fingerprint density at radius 2 is 1.35 bits per heavy atom. The van der Waals surface area contributed by atoms with Crippen LogP contribution in [0.3, 0.4) is 0 Å². The van der Waals surface area contributed by atoms with Crippen LogP contribution in [-0.4, -0.2) is 88.2 Å². The van der Waals surface area contributed by atoms with Crippen LogP contribution in [0.25, 0.3) is 10.4 Å². The zero-order valence-electron chi connectivity index (χ0n) is 18.1. The summed E-state index contributed by atoms with van der Waals surface area (Å²) in [5.74, 6) is -1.89. The lowest BCUT2D eigenvalue weighted by Gasteiger charge is -2.43. The molecule has 1 rings (SSSR count). The van der Waals surface area contributed by atoms with Crippen molar-refractivity contribution in [1.82, 2.24) is 0 Å². The van der Waals surface area contributed by atoms with Crippen LogP contribution in [0.5, 0.6) is 0 Å². The maximum atomic E-state index is 11.6. The van der Waals surface area contributed by atoms with Gasteiger partial charge in [-0.3, -0.25) is 14.4 Å².